The Labute approximate surface area is 68.1 Å². The molecule has 0 aromatic rings. The maximum absolute atomic E-state index is 10.4. The summed E-state index contributed by atoms with van der Waals surface area (Å²) >= 11 is 0. The van der Waals surface area contributed by atoms with Crippen LogP contribution >= 0.6 is 0 Å². The minimum absolute atomic E-state index is 0.0282. The lowest BCUT2D eigenvalue weighted by molar-refractivity contribution is -0.119. The quantitative estimate of drug-likeness (QED) is 0.586. The summed E-state index contributed by atoms with van der Waals surface area (Å²) in [6, 6.07) is 0. The first-order chi connectivity index (χ1) is 5.27. The zero-order valence-electron chi connectivity index (χ0n) is 7.35. The Morgan fingerprint density at radius 1 is 1.45 bits per heavy atom. The molecule has 0 aromatic carbocycles. The van der Waals surface area contributed by atoms with Crippen molar-refractivity contribution in [2.45, 2.75) is 26.7 Å². The van der Waals surface area contributed by atoms with Crippen LogP contribution < -0.4 is 5.32 Å². The second kappa shape index (κ2) is 7.54. The van der Waals surface area contributed by atoms with Gasteiger partial charge >= 0.3 is 0 Å². The Bertz CT molecular complexity index is 104. The van der Waals surface area contributed by atoms with Crippen molar-refractivity contribution in [2.24, 2.45) is 0 Å². The largest absolute Gasteiger partial charge is 0.381 e. The molecule has 0 aromatic heterocycles. The molecular weight excluding hydrogens is 142 g/mol. The number of carbonyl (C=O) groups is 1. The molecule has 0 aliphatic rings. The average molecular weight is 159 g/mol. The molecule has 0 saturated heterocycles. The third-order valence-corrected chi connectivity index (χ3v) is 1.19. The van der Waals surface area contributed by atoms with E-state index in [0.29, 0.717) is 0 Å². The second-order valence-corrected chi connectivity index (χ2v) is 2.45. The minimum Gasteiger partial charge on any atom is -0.381 e. The third kappa shape index (κ3) is 9.43. The van der Waals surface area contributed by atoms with Gasteiger partial charge in [-0.15, -0.1) is 0 Å². The predicted octanol–water partition coefficient (Wildman–Crippen LogP) is 0.939. The van der Waals surface area contributed by atoms with E-state index >= 15 is 0 Å². The van der Waals surface area contributed by atoms with Gasteiger partial charge in [-0.25, -0.2) is 0 Å². The maximum Gasteiger partial charge on any atom is 0.216 e. The summed E-state index contributed by atoms with van der Waals surface area (Å²) in [5, 5.41) is 2.70. The van der Waals surface area contributed by atoms with Crippen molar-refractivity contribution in [3.8, 4) is 0 Å². The molecule has 0 radical (unpaired) electrons. The van der Waals surface area contributed by atoms with Crippen LogP contribution in [0.3, 0.4) is 0 Å². The monoisotopic (exact) mass is 159 g/mol. The number of ether oxygens (including phenoxy) is 1. The average Bonchev–Trinajstić information content (AvgIpc) is 1.96. The molecule has 11 heavy (non-hydrogen) atoms. The lowest BCUT2D eigenvalue weighted by Crippen LogP contribution is -2.21. The van der Waals surface area contributed by atoms with E-state index in [1.807, 2.05) is 0 Å². The van der Waals surface area contributed by atoms with E-state index in [9.17, 15) is 4.79 Å². The number of nitrogens with one attached hydrogen (secondary N) is 1. The highest BCUT2D eigenvalue weighted by Gasteiger charge is 1.89. The minimum atomic E-state index is 0.0282. The number of hydrogen-bond donors (Lipinski definition) is 1. The van der Waals surface area contributed by atoms with Crippen LogP contribution in [-0.2, 0) is 9.53 Å². The van der Waals surface area contributed by atoms with E-state index in [2.05, 4.69) is 12.2 Å². The standard InChI is InChI=1S/C8H17NO2/c1-3-6-11-7-4-5-9-8(2)10/h3-7H2,1-2H3,(H,9,10). The molecule has 0 rings (SSSR count). The van der Waals surface area contributed by atoms with Crippen LogP contribution in [0, 0.1) is 0 Å². The molecule has 0 saturated carbocycles. The van der Waals surface area contributed by atoms with Gasteiger partial charge in [0.15, 0.2) is 0 Å². The summed E-state index contributed by atoms with van der Waals surface area (Å²) in [5.74, 6) is 0.0282. The van der Waals surface area contributed by atoms with Crippen molar-refractivity contribution in [1.29, 1.82) is 0 Å². The van der Waals surface area contributed by atoms with Crippen LogP contribution in [0.1, 0.15) is 26.7 Å². The molecule has 0 aliphatic carbocycles. The van der Waals surface area contributed by atoms with Gasteiger partial charge < -0.3 is 10.1 Å². The van der Waals surface area contributed by atoms with Crippen molar-refractivity contribution in [3.63, 3.8) is 0 Å². The number of hydrogen-bond acceptors (Lipinski definition) is 2. The van der Waals surface area contributed by atoms with Gasteiger partial charge in [0.1, 0.15) is 0 Å². The normalized spacial score (nSPS) is 9.64. The van der Waals surface area contributed by atoms with Gasteiger partial charge in [0.2, 0.25) is 5.91 Å². The highest BCUT2D eigenvalue weighted by Crippen LogP contribution is 1.83. The summed E-state index contributed by atoms with van der Waals surface area (Å²) in [6.07, 6.45) is 1.96. The van der Waals surface area contributed by atoms with Gasteiger partial charge in [-0.1, -0.05) is 6.92 Å². The van der Waals surface area contributed by atoms with Crippen LogP contribution in [0.25, 0.3) is 0 Å². The molecule has 66 valence electrons. The molecule has 3 nitrogen and oxygen atoms in total. The number of rotatable bonds is 6. The summed E-state index contributed by atoms with van der Waals surface area (Å²) in [6.45, 7) is 5.88. The Balaban J connectivity index is 2.85. The van der Waals surface area contributed by atoms with Crippen molar-refractivity contribution in [3.05, 3.63) is 0 Å². The first kappa shape index (κ1) is 10.4. The van der Waals surface area contributed by atoms with E-state index < -0.39 is 0 Å². The van der Waals surface area contributed by atoms with Crippen LogP contribution in [0.4, 0.5) is 0 Å². The van der Waals surface area contributed by atoms with Crippen LogP contribution in [0.5, 0.6) is 0 Å². The smallest absolute Gasteiger partial charge is 0.216 e. The van der Waals surface area contributed by atoms with E-state index in [0.717, 1.165) is 32.6 Å². The summed E-state index contributed by atoms with van der Waals surface area (Å²) < 4.78 is 5.21. The van der Waals surface area contributed by atoms with Crippen LogP contribution in [0.2, 0.25) is 0 Å². The Hall–Kier alpha value is -0.570. The zero-order valence-corrected chi connectivity index (χ0v) is 7.35. The fourth-order valence-electron chi connectivity index (χ4n) is 0.685. The lowest BCUT2D eigenvalue weighted by atomic mass is 10.4. The first-order valence-electron chi connectivity index (χ1n) is 4.09. The summed E-state index contributed by atoms with van der Waals surface area (Å²) in [7, 11) is 0. The lowest BCUT2D eigenvalue weighted by Gasteiger charge is -2.02. The van der Waals surface area contributed by atoms with E-state index in [-0.39, 0.29) is 5.91 Å². The van der Waals surface area contributed by atoms with Gasteiger partial charge in [0.25, 0.3) is 0 Å². The van der Waals surface area contributed by atoms with Crippen molar-refractivity contribution in [2.75, 3.05) is 19.8 Å². The topological polar surface area (TPSA) is 38.3 Å². The zero-order chi connectivity index (χ0) is 8.53. The fraction of sp³-hybridized carbons (Fsp3) is 0.875. The first-order valence-corrected chi connectivity index (χ1v) is 4.09. The molecule has 0 unspecified atom stereocenters. The molecule has 0 aliphatic heterocycles. The SMILES string of the molecule is CCCOCCCNC(C)=O. The van der Waals surface area contributed by atoms with E-state index in [4.69, 9.17) is 4.74 Å². The van der Waals surface area contributed by atoms with Gasteiger partial charge in [0, 0.05) is 26.7 Å². The van der Waals surface area contributed by atoms with E-state index in [1.165, 1.54) is 6.92 Å². The fourth-order valence-corrected chi connectivity index (χ4v) is 0.685. The van der Waals surface area contributed by atoms with Crippen molar-refractivity contribution < 1.29 is 9.53 Å². The molecular formula is C8H17NO2. The predicted molar refractivity (Wildman–Crippen MR) is 44.4 cm³/mol. The van der Waals surface area contributed by atoms with Crippen LogP contribution in [-0.4, -0.2) is 25.7 Å². The Kier molecular flexibility index (Phi) is 7.15. The van der Waals surface area contributed by atoms with Crippen molar-refractivity contribution >= 4 is 5.91 Å². The molecule has 1 amide bonds. The van der Waals surface area contributed by atoms with E-state index in [1.54, 1.807) is 0 Å². The third-order valence-electron chi connectivity index (χ3n) is 1.19. The molecule has 0 spiro atoms. The molecule has 0 bridgehead atoms. The van der Waals surface area contributed by atoms with Crippen LogP contribution in [0.15, 0.2) is 0 Å². The number of amides is 1. The van der Waals surface area contributed by atoms with Crippen molar-refractivity contribution in [1.82, 2.24) is 5.32 Å². The highest BCUT2D eigenvalue weighted by molar-refractivity contribution is 5.72. The Morgan fingerprint density at radius 3 is 2.73 bits per heavy atom. The van der Waals surface area contributed by atoms with Gasteiger partial charge in [-0.3, -0.25) is 4.79 Å². The second-order valence-electron chi connectivity index (χ2n) is 2.45. The highest BCUT2D eigenvalue weighted by atomic mass is 16.5. The molecule has 0 atom stereocenters. The van der Waals surface area contributed by atoms with Gasteiger partial charge in [0.05, 0.1) is 0 Å². The maximum atomic E-state index is 10.4. The molecule has 3 heteroatoms. The molecule has 1 N–H and O–H groups in total. The molecule has 0 heterocycles. The summed E-state index contributed by atoms with van der Waals surface area (Å²) in [5.41, 5.74) is 0. The van der Waals surface area contributed by atoms with Gasteiger partial charge in [-0.2, -0.15) is 0 Å². The summed E-state index contributed by atoms with van der Waals surface area (Å²) in [4.78, 5) is 10.4. The number of carbonyl (C=O) groups excluding carboxylic acids is 1. The molecule has 0 fully saturated rings. The Morgan fingerprint density at radius 2 is 2.18 bits per heavy atom. The van der Waals surface area contributed by atoms with Gasteiger partial charge in [-0.05, 0) is 12.8 Å².